The molecule has 1 aliphatic heterocycles. The van der Waals surface area contributed by atoms with Crippen LogP contribution in [0.4, 0.5) is 10.5 Å². The van der Waals surface area contributed by atoms with Crippen LogP contribution >= 0.6 is 11.6 Å². The van der Waals surface area contributed by atoms with Gasteiger partial charge in [-0.1, -0.05) is 47.0 Å². The molecule has 4 amide bonds. The van der Waals surface area contributed by atoms with Crippen molar-refractivity contribution in [3.05, 3.63) is 87.9 Å². The summed E-state index contributed by atoms with van der Waals surface area (Å²) in [5.41, 5.74) is 2.66. The number of nitrogens with zero attached hydrogens (tertiary/aromatic N) is 1. The van der Waals surface area contributed by atoms with Crippen LogP contribution in [0, 0.1) is 13.8 Å². The van der Waals surface area contributed by atoms with Crippen LogP contribution in [-0.2, 0) is 9.59 Å². The third kappa shape index (κ3) is 6.15. The molecule has 3 aromatic carbocycles. The van der Waals surface area contributed by atoms with Crippen LogP contribution in [0.1, 0.15) is 23.6 Å². The molecule has 0 saturated carbocycles. The lowest BCUT2D eigenvalue weighted by atomic mass is 10.1. The Bertz CT molecular complexity index is 1380. The summed E-state index contributed by atoms with van der Waals surface area (Å²) in [6.45, 7) is 6.53. The highest BCUT2D eigenvalue weighted by molar-refractivity contribution is 6.39. The number of carbonyl (C=O) groups excluding carboxylic acids is 3. The summed E-state index contributed by atoms with van der Waals surface area (Å²) < 4.78 is 17.3. The molecule has 0 spiro atoms. The second-order valence-electron chi connectivity index (χ2n) is 8.57. The average Bonchev–Trinajstić information content (AvgIpc) is 2.88. The molecule has 3 aromatic rings. The van der Waals surface area contributed by atoms with E-state index >= 15 is 0 Å². The molecule has 1 aliphatic rings. The van der Waals surface area contributed by atoms with Gasteiger partial charge in [0, 0.05) is 0 Å². The number of nitrogens with one attached hydrogen (secondary N) is 1. The van der Waals surface area contributed by atoms with E-state index in [2.05, 4.69) is 5.32 Å². The molecule has 38 heavy (non-hydrogen) atoms. The Morgan fingerprint density at radius 1 is 0.868 bits per heavy atom. The van der Waals surface area contributed by atoms with Crippen molar-refractivity contribution >= 4 is 41.2 Å². The molecule has 1 N–H and O–H groups in total. The molecule has 9 heteroatoms. The second kappa shape index (κ2) is 11.8. The molecule has 8 nitrogen and oxygen atoms in total. The number of hydrogen-bond donors (Lipinski definition) is 1. The van der Waals surface area contributed by atoms with Crippen molar-refractivity contribution in [3.63, 3.8) is 0 Å². The summed E-state index contributed by atoms with van der Waals surface area (Å²) in [6, 6.07) is 16.9. The Balaban J connectivity index is 1.54. The van der Waals surface area contributed by atoms with Gasteiger partial charge < -0.3 is 14.2 Å². The maximum Gasteiger partial charge on any atom is 0.335 e. The number of hydrogen-bond acceptors (Lipinski definition) is 6. The molecular weight excluding hydrogens is 508 g/mol. The van der Waals surface area contributed by atoms with E-state index in [1.165, 1.54) is 6.08 Å². The first-order chi connectivity index (χ1) is 18.3. The smallest absolute Gasteiger partial charge is 0.335 e. The second-order valence-corrected chi connectivity index (χ2v) is 8.97. The van der Waals surface area contributed by atoms with Crippen LogP contribution < -0.4 is 24.4 Å². The van der Waals surface area contributed by atoms with Gasteiger partial charge in [-0.3, -0.25) is 14.9 Å². The Morgan fingerprint density at radius 3 is 2.16 bits per heavy atom. The quantitative estimate of drug-likeness (QED) is 0.222. The zero-order valence-electron chi connectivity index (χ0n) is 21.2. The molecule has 1 heterocycles. The molecular formula is C29H27ClN2O6. The van der Waals surface area contributed by atoms with E-state index in [4.69, 9.17) is 25.8 Å². The van der Waals surface area contributed by atoms with E-state index in [1.54, 1.807) is 36.4 Å². The summed E-state index contributed by atoms with van der Waals surface area (Å²) in [5, 5.41) is 2.45. The van der Waals surface area contributed by atoms with Crippen LogP contribution in [0.2, 0.25) is 5.02 Å². The molecule has 0 aromatic heterocycles. The summed E-state index contributed by atoms with van der Waals surface area (Å²) in [4.78, 5) is 39.1. The minimum atomic E-state index is -0.814. The van der Waals surface area contributed by atoms with E-state index in [1.807, 2.05) is 45.0 Å². The molecule has 1 fully saturated rings. The van der Waals surface area contributed by atoms with Crippen LogP contribution in [-0.4, -0.2) is 37.7 Å². The highest BCUT2D eigenvalue weighted by atomic mass is 35.5. The first kappa shape index (κ1) is 26.8. The summed E-state index contributed by atoms with van der Waals surface area (Å²) in [6.07, 6.45) is 1.37. The van der Waals surface area contributed by atoms with Gasteiger partial charge in [-0.2, -0.15) is 0 Å². The molecule has 0 aliphatic carbocycles. The van der Waals surface area contributed by atoms with Crippen LogP contribution in [0.3, 0.4) is 0 Å². The van der Waals surface area contributed by atoms with E-state index < -0.39 is 17.8 Å². The van der Waals surface area contributed by atoms with Crippen LogP contribution in [0.15, 0.2) is 66.2 Å². The van der Waals surface area contributed by atoms with Crippen molar-refractivity contribution in [1.82, 2.24) is 5.32 Å². The molecule has 0 radical (unpaired) electrons. The van der Waals surface area contributed by atoms with Crippen LogP contribution in [0.25, 0.3) is 6.08 Å². The standard InChI is InChI=1S/C29H27ClN2O6/c1-4-36-25-17-20(16-24(30)26(25)38-14-13-37-22-11-7-19(3)8-12-22)15-23-27(33)31-29(35)32(28(23)34)21-9-5-18(2)6-10-21/h5-12,15-17H,4,13-14H2,1-3H3,(H,31,33,35). The Morgan fingerprint density at radius 2 is 1.50 bits per heavy atom. The Labute approximate surface area is 225 Å². The maximum atomic E-state index is 13.2. The molecule has 0 bridgehead atoms. The summed E-state index contributed by atoms with van der Waals surface area (Å²) >= 11 is 6.51. The number of rotatable bonds is 9. The van der Waals surface area contributed by atoms with Gasteiger partial charge in [-0.15, -0.1) is 0 Å². The highest BCUT2D eigenvalue weighted by Crippen LogP contribution is 2.37. The lowest BCUT2D eigenvalue weighted by Gasteiger charge is -2.26. The zero-order chi connectivity index (χ0) is 27.2. The van der Waals surface area contributed by atoms with Crippen LogP contribution in [0.5, 0.6) is 17.2 Å². The first-order valence-electron chi connectivity index (χ1n) is 12.0. The number of anilines is 1. The number of aryl methyl sites for hydroxylation is 2. The highest BCUT2D eigenvalue weighted by Gasteiger charge is 2.36. The molecule has 1 saturated heterocycles. The number of amides is 4. The number of halogens is 1. The average molecular weight is 535 g/mol. The number of ether oxygens (including phenoxy) is 3. The van der Waals surface area contributed by atoms with Crippen molar-refractivity contribution in [3.8, 4) is 17.2 Å². The minimum Gasteiger partial charge on any atom is -0.490 e. The zero-order valence-corrected chi connectivity index (χ0v) is 22.0. The van der Waals surface area contributed by atoms with E-state index in [0.29, 0.717) is 29.4 Å². The summed E-state index contributed by atoms with van der Waals surface area (Å²) in [5.74, 6) is -0.154. The number of benzene rings is 3. The third-order valence-corrected chi connectivity index (χ3v) is 5.94. The molecule has 0 unspecified atom stereocenters. The largest absolute Gasteiger partial charge is 0.490 e. The van der Waals surface area contributed by atoms with Gasteiger partial charge in [0.2, 0.25) is 0 Å². The first-order valence-corrected chi connectivity index (χ1v) is 12.4. The molecule has 196 valence electrons. The van der Waals surface area contributed by atoms with Gasteiger partial charge in [0.15, 0.2) is 11.5 Å². The number of urea groups is 1. The van der Waals surface area contributed by atoms with Gasteiger partial charge in [0.1, 0.15) is 24.5 Å². The normalized spacial score (nSPS) is 14.5. The minimum absolute atomic E-state index is 0.211. The number of imide groups is 2. The fraction of sp³-hybridized carbons (Fsp3) is 0.207. The van der Waals surface area contributed by atoms with Gasteiger partial charge in [-0.05, 0) is 68.8 Å². The van der Waals surface area contributed by atoms with Crippen molar-refractivity contribution in [2.75, 3.05) is 24.7 Å². The van der Waals surface area contributed by atoms with Gasteiger partial charge in [-0.25, -0.2) is 9.69 Å². The molecule has 0 atom stereocenters. The predicted octanol–water partition coefficient (Wildman–Crippen LogP) is 5.48. The fourth-order valence-electron chi connectivity index (χ4n) is 3.76. The topological polar surface area (TPSA) is 94.2 Å². The SMILES string of the molecule is CCOc1cc(C=C2C(=O)NC(=O)N(c3ccc(C)cc3)C2=O)cc(Cl)c1OCCOc1ccc(C)cc1. The predicted molar refractivity (Wildman–Crippen MR) is 145 cm³/mol. The van der Waals surface area contributed by atoms with E-state index in [9.17, 15) is 14.4 Å². The Hall–Kier alpha value is -4.30. The molecule has 4 rings (SSSR count). The Kier molecular flexibility index (Phi) is 8.33. The maximum absolute atomic E-state index is 13.2. The third-order valence-electron chi connectivity index (χ3n) is 5.66. The lowest BCUT2D eigenvalue weighted by Crippen LogP contribution is -2.54. The van der Waals surface area contributed by atoms with E-state index in [0.717, 1.165) is 21.8 Å². The van der Waals surface area contributed by atoms with Crippen molar-refractivity contribution in [2.24, 2.45) is 0 Å². The fourth-order valence-corrected chi connectivity index (χ4v) is 4.04. The van der Waals surface area contributed by atoms with Crippen molar-refractivity contribution < 1.29 is 28.6 Å². The van der Waals surface area contributed by atoms with Crippen molar-refractivity contribution in [2.45, 2.75) is 20.8 Å². The van der Waals surface area contributed by atoms with Gasteiger partial charge >= 0.3 is 6.03 Å². The summed E-state index contributed by atoms with van der Waals surface area (Å²) in [7, 11) is 0. The van der Waals surface area contributed by atoms with Crippen molar-refractivity contribution in [1.29, 1.82) is 0 Å². The van der Waals surface area contributed by atoms with Gasteiger partial charge in [0.05, 0.1) is 17.3 Å². The lowest BCUT2D eigenvalue weighted by molar-refractivity contribution is -0.122. The number of barbiturate groups is 1. The monoisotopic (exact) mass is 534 g/mol. The van der Waals surface area contributed by atoms with E-state index in [-0.39, 0.29) is 23.8 Å². The number of carbonyl (C=O) groups is 3. The van der Waals surface area contributed by atoms with Gasteiger partial charge in [0.25, 0.3) is 11.8 Å².